The first-order chi connectivity index (χ1) is 14.0. The minimum Gasteiger partial charge on any atom is -0.380 e. The molecule has 0 fully saturated rings. The molecule has 0 amide bonds. The van der Waals surface area contributed by atoms with Crippen LogP contribution in [0.15, 0.2) is 48.5 Å². The van der Waals surface area contributed by atoms with Gasteiger partial charge in [-0.05, 0) is 49.2 Å². The Morgan fingerprint density at radius 1 is 1.03 bits per heavy atom. The van der Waals surface area contributed by atoms with Crippen molar-refractivity contribution >= 4 is 16.9 Å². The summed E-state index contributed by atoms with van der Waals surface area (Å²) in [5.74, 6) is 1.33. The second-order valence-electron chi connectivity index (χ2n) is 6.89. The van der Waals surface area contributed by atoms with Crippen molar-refractivity contribution in [3.05, 3.63) is 77.0 Å². The van der Waals surface area contributed by atoms with Crippen LogP contribution in [0.5, 0.6) is 0 Å². The Morgan fingerprint density at radius 2 is 1.86 bits per heavy atom. The van der Waals surface area contributed by atoms with Gasteiger partial charge in [0.1, 0.15) is 11.6 Å². The molecule has 4 rings (SSSR count). The molecule has 148 valence electrons. The number of nitrogens with zero attached hydrogens (tertiary/aromatic N) is 4. The predicted molar refractivity (Wildman–Crippen MR) is 111 cm³/mol. The summed E-state index contributed by atoms with van der Waals surface area (Å²) in [5.41, 5.74) is 3.96. The summed E-state index contributed by atoms with van der Waals surface area (Å²) in [4.78, 5) is 13.5. The van der Waals surface area contributed by atoms with E-state index in [1.54, 1.807) is 13.2 Å². The summed E-state index contributed by atoms with van der Waals surface area (Å²) in [6.45, 7) is 4.81. The zero-order valence-electron chi connectivity index (χ0n) is 16.6. The number of rotatable bonds is 6. The van der Waals surface area contributed by atoms with E-state index in [1.165, 1.54) is 12.1 Å². The van der Waals surface area contributed by atoms with Gasteiger partial charge in [-0.15, -0.1) is 0 Å². The van der Waals surface area contributed by atoms with Crippen LogP contribution in [-0.4, -0.2) is 26.6 Å². The molecule has 2 heterocycles. The minimum absolute atomic E-state index is 0.266. The van der Waals surface area contributed by atoms with Crippen molar-refractivity contribution in [3.63, 3.8) is 0 Å². The highest BCUT2D eigenvalue weighted by Crippen LogP contribution is 2.26. The number of nitrogens with one attached hydrogen (secondary N) is 1. The third-order valence-corrected chi connectivity index (χ3v) is 4.70. The smallest absolute Gasteiger partial charge is 0.239 e. The van der Waals surface area contributed by atoms with Gasteiger partial charge in [0.15, 0.2) is 0 Å². The van der Waals surface area contributed by atoms with Gasteiger partial charge in [0.05, 0.1) is 12.1 Å². The molecule has 0 saturated carbocycles. The summed E-state index contributed by atoms with van der Waals surface area (Å²) in [6.07, 6.45) is 0. The average Bonchev–Trinajstić information content (AvgIpc) is 3.03. The van der Waals surface area contributed by atoms with Crippen LogP contribution in [0.2, 0.25) is 0 Å². The number of aromatic nitrogens is 4. The molecule has 6 nitrogen and oxygen atoms in total. The van der Waals surface area contributed by atoms with Crippen LogP contribution in [0.25, 0.3) is 16.9 Å². The number of hydrogen-bond donors (Lipinski definition) is 1. The Bertz CT molecular complexity index is 1170. The van der Waals surface area contributed by atoms with E-state index in [0.717, 1.165) is 27.7 Å². The number of ether oxygens (including phenoxy) is 1. The lowest BCUT2D eigenvalue weighted by Crippen LogP contribution is -2.11. The normalized spacial score (nSPS) is 11.2. The van der Waals surface area contributed by atoms with E-state index >= 15 is 0 Å². The van der Waals surface area contributed by atoms with Crippen LogP contribution in [0.1, 0.15) is 22.6 Å². The molecular weight excluding hydrogens is 369 g/mol. The molecule has 0 saturated heterocycles. The highest BCUT2D eigenvalue weighted by Gasteiger charge is 2.14. The Kier molecular flexibility index (Phi) is 5.22. The largest absolute Gasteiger partial charge is 0.380 e. The number of fused-ring (bicyclic) bond motifs is 1. The van der Waals surface area contributed by atoms with Gasteiger partial charge in [0, 0.05) is 24.7 Å². The van der Waals surface area contributed by atoms with Gasteiger partial charge in [0.2, 0.25) is 11.9 Å². The summed E-state index contributed by atoms with van der Waals surface area (Å²) in [7, 11) is 1.69. The average molecular weight is 391 g/mol. The maximum Gasteiger partial charge on any atom is 0.239 e. The van der Waals surface area contributed by atoms with E-state index in [9.17, 15) is 4.39 Å². The zero-order valence-corrected chi connectivity index (χ0v) is 16.6. The predicted octanol–water partition coefficient (Wildman–Crippen LogP) is 4.33. The van der Waals surface area contributed by atoms with Crippen molar-refractivity contribution < 1.29 is 9.13 Å². The second-order valence-corrected chi connectivity index (χ2v) is 6.89. The van der Waals surface area contributed by atoms with Crippen molar-refractivity contribution in [2.75, 3.05) is 12.4 Å². The lowest BCUT2D eigenvalue weighted by Gasteiger charge is -2.11. The topological polar surface area (TPSA) is 64.9 Å². The first-order valence-electron chi connectivity index (χ1n) is 9.35. The number of anilines is 1. The van der Waals surface area contributed by atoms with Crippen LogP contribution in [-0.2, 0) is 17.9 Å². The molecule has 0 spiro atoms. The fourth-order valence-corrected chi connectivity index (χ4v) is 3.45. The molecule has 0 aliphatic carbocycles. The highest BCUT2D eigenvalue weighted by atomic mass is 19.1. The number of halogens is 1. The van der Waals surface area contributed by atoms with Crippen LogP contribution in [0, 0.1) is 19.7 Å². The monoisotopic (exact) mass is 391 g/mol. The number of methoxy groups -OCH3 is 1. The van der Waals surface area contributed by atoms with Crippen molar-refractivity contribution in [2.24, 2.45) is 0 Å². The van der Waals surface area contributed by atoms with E-state index in [4.69, 9.17) is 4.74 Å². The molecule has 0 aliphatic rings. The molecule has 0 bridgehead atoms. The molecule has 0 radical (unpaired) electrons. The second kappa shape index (κ2) is 7.97. The Balaban J connectivity index is 1.71. The third kappa shape index (κ3) is 3.95. The summed E-state index contributed by atoms with van der Waals surface area (Å²) in [5, 5.41) is 4.28. The zero-order chi connectivity index (χ0) is 20.4. The van der Waals surface area contributed by atoms with Crippen LogP contribution < -0.4 is 5.32 Å². The lowest BCUT2D eigenvalue weighted by atomic mass is 10.1. The van der Waals surface area contributed by atoms with Gasteiger partial charge in [-0.1, -0.05) is 24.3 Å². The maximum absolute atomic E-state index is 13.4. The molecule has 0 unspecified atom stereocenters. The molecule has 4 aromatic rings. The molecule has 1 N–H and O–H groups in total. The van der Waals surface area contributed by atoms with Crippen molar-refractivity contribution in [1.29, 1.82) is 0 Å². The van der Waals surface area contributed by atoms with Gasteiger partial charge in [-0.3, -0.25) is 4.57 Å². The lowest BCUT2D eigenvalue weighted by molar-refractivity contribution is 0.186. The molecule has 7 heteroatoms. The van der Waals surface area contributed by atoms with Crippen molar-refractivity contribution in [1.82, 2.24) is 19.5 Å². The van der Waals surface area contributed by atoms with Crippen LogP contribution in [0.4, 0.5) is 10.3 Å². The molecule has 2 aromatic heterocycles. The molecule has 29 heavy (non-hydrogen) atoms. The van der Waals surface area contributed by atoms with Gasteiger partial charge in [-0.2, -0.15) is 15.0 Å². The number of aryl methyl sites for hydroxylation is 2. The van der Waals surface area contributed by atoms with Gasteiger partial charge in [-0.25, -0.2) is 4.39 Å². The summed E-state index contributed by atoms with van der Waals surface area (Å²) < 4.78 is 20.7. The van der Waals surface area contributed by atoms with Crippen LogP contribution in [0.3, 0.4) is 0 Å². The van der Waals surface area contributed by atoms with E-state index in [-0.39, 0.29) is 5.82 Å². The quantitative estimate of drug-likeness (QED) is 0.530. The third-order valence-electron chi connectivity index (χ3n) is 4.70. The van der Waals surface area contributed by atoms with E-state index in [1.807, 2.05) is 36.6 Å². The van der Waals surface area contributed by atoms with E-state index < -0.39 is 0 Å². The van der Waals surface area contributed by atoms with Gasteiger partial charge in [0.25, 0.3) is 0 Å². The number of benzene rings is 2. The number of hydrogen-bond acceptors (Lipinski definition) is 5. The van der Waals surface area contributed by atoms with E-state index in [0.29, 0.717) is 30.9 Å². The molecule has 0 atom stereocenters. The first-order valence-corrected chi connectivity index (χ1v) is 9.35. The summed E-state index contributed by atoms with van der Waals surface area (Å²) in [6, 6.07) is 14.7. The van der Waals surface area contributed by atoms with E-state index in [2.05, 4.69) is 32.4 Å². The Hall–Kier alpha value is -3.32. The first kappa shape index (κ1) is 19.0. The molecule has 0 aliphatic heterocycles. The standard InChI is InChI=1S/C22H22FN5O/c1-14-10-19-17(13-29-3)7-5-9-20(19)28(14)22-26-15(2)25-21(27-22)24-12-16-6-4-8-18(23)11-16/h4-11H,12-13H2,1-3H3,(H,24,25,26,27). The fraction of sp³-hybridized carbons (Fsp3) is 0.227. The highest BCUT2D eigenvalue weighted by molar-refractivity contribution is 5.86. The molecule has 2 aromatic carbocycles. The molecular formula is C22H22FN5O. The van der Waals surface area contributed by atoms with Gasteiger partial charge < -0.3 is 10.1 Å². The van der Waals surface area contributed by atoms with Crippen LogP contribution >= 0.6 is 0 Å². The Labute approximate surface area is 168 Å². The van der Waals surface area contributed by atoms with Gasteiger partial charge >= 0.3 is 0 Å². The Morgan fingerprint density at radius 3 is 2.66 bits per heavy atom. The van der Waals surface area contributed by atoms with Crippen molar-refractivity contribution in [3.8, 4) is 5.95 Å². The summed E-state index contributed by atoms with van der Waals surface area (Å²) >= 11 is 0. The SMILES string of the molecule is COCc1cccc2c1cc(C)n2-c1nc(C)nc(NCc2cccc(F)c2)n1. The minimum atomic E-state index is -0.266. The fourth-order valence-electron chi connectivity index (χ4n) is 3.45. The maximum atomic E-state index is 13.4. The van der Waals surface area contributed by atoms with Crippen molar-refractivity contribution in [2.45, 2.75) is 27.0 Å².